The molecule has 0 aromatic carbocycles. The van der Waals surface area contributed by atoms with Crippen LogP contribution in [0, 0.1) is 0 Å². The molecule has 2 atom stereocenters. The zero-order chi connectivity index (χ0) is 12.8. The molecule has 0 amide bonds. The maximum Gasteiger partial charge on any atom is 0.234 e. The number of ether oxygens (including phenoxy) is 1. The molecule has 1 aliphatic heterocycles. The first-order valence-corrected chi connectivity index (χ1v) is 7.70. The van der Waals surface area contributed by atoms with Gasteiger partial charge in [-0.2, -0.15) is 9.61 Å². The van der Waals surface area contributed by atoms with Crippen molar-refractivity contribution in [3.63, 3.8) is 0 Å². The standard InChI is InChI=1S/C12H17N5OS/c13-9-6-18-5-8(9)11-16-17-10(7-3-1-2-4-7)14-15-12(17)19-11/h7-9H,1-6,13H2. The summed E-state index contributed by atoms with van der Waals surface area (Å²) in [5.41, 5.74) is 6.06. The van der Waals surface area contributed by atoms with E-state index in [1.165, 1.54) is 25.7 Å². The number of nitrogens with zero attached hydrogens (tertiary/aromatic N) is 4. The fourth-order valence-electron chi connectivity index (χ4n) is 3.06. The Kier molecular flexibility index (Phi) is 2.78. The molecule has 1 aliphatic carbocycles. The molecule has 7 heteroatoms. The Morgan fingerprint density at radius 1 is 1.21 bits per heavy atom. The van der Waals surface area contributed by atoms with Crippen LogP contribution >= 0.6 is 11.3 Å². The lowest BCUT2D eigenvalue weighted by molar-refractivity contribution is 0.191. The molecule has 1 saturated carbocycles. The third kappa shape index (κ3) is 1.87. The zero-order valence-corrected chi connectivity index (χ0v) is 11.5. The van der Waals surface area contributed by atoms with Crippen molar-refractivity contribution < 1.29 is 4.74 Å². The van der Waals surface area contributed by atoms with E-state index in [4.69, 9.17) is 15.6 Å². The van der Waals surface area contributed by atoms with E-state index >= 15 is 0 Å². The minimum atomic E-state index is 0.0544. The summed E-state index contributed by atoms with van der Waals surface area (Å²) in [7, 11) is 0. The van der Waals surface area contributed by atoms with Crippen molar-refractivity contribution in [2.75, 3.05) is 13.2 Å². The molecule has 2 fully saturated rings. The molecule has 2 N–H and O–H groups in total. The first-order valence-electron chi connectivity index (χ1n) is 6.88. The van der Waals surface area contributed by atoms with Crippen LogP contribution < -0.4 is 5.73 Å². The van der Waals surface area contributed by atoms with E-state index in [9.17, 15) is 0 Å². The second kappa shape index (κ2) is 4.50. The Balaban J connectivity index is 1.71. The van der Waals surface area contributed by atoms with Crippen molar-refractivity contribution >= 4 is 16.3 Å². The molecule has 1 saturated heterocycles. The molecule has 3 heterocycles. The molecule has 0 spiro atoms. The van der Waals surface area contributed by atoms with Crippen molar-refractivity contribution in [1.82, 2.24) is 19.8 Å². The first kappa shape index (κ1) is 11.7. The fourth-order valence-corrected chi connectivity index (χ4v) is 4.07. The Hall–Kier alpha value is -1.05. The van der Waals surface area contributed by atoms with Crippen molar-refractivity contribution in [3.05, 3.63) is 10.8 Å². The van der Waals surface area contributed by atoms with Crippen molar-refractivity contribution in [1.29, 1.82) is 0 Å². The summed E-state index contributed by atoms with van der Waals surface area (Å²) in [6.45, 7) is 1.30. The van der Waals surface area contributed by atoms with Crippen molar-refractivity contribution in [3.8, 4) is 0 Å². The highest BCUT2D eigenvalue weighted by molar-refractivity contribution is 7.16. The maximum absolute atomic E-state index is 6.06. The van der Waals surface area contributed by atoms with Gasteiger partial charge in [0.2, 0.25) is 4.96 Å². The Morgan fingerprint density at radius 3 is 2.79 bits per heavy atom. The quantitative estimate of drug-likeness (QED) is 0.896. The molecule has 2 aliphatic rings. The Labute approximate surface area is 115 Å². The van der Waals surface area contributed by atoms with Gasteiger partial charge in [-0.05, 0) is 12.8 Å². The highest BCUT2D eigenvalue weighted by Gasteiger charge is 2.31. The van der Waals surface area contributed by atoms with E-state index in [1.54, 1.807) is 11.3 Å². The van der Waals surface area contributed by atoms with Crippen molar-refractivity contribution in [2.24, 2.45) is 5.73 Å². The number of rotatable bonds is 2. The van der Waals surface area contributed by atoms with E-state index in [-0.39, 0.29) is 12.0 Å². The summed E-state index contributed by atoms with van der Waals surface area (Å²) >= 11 is 1.60. The molecule has 0 bridgehead atoms. The third-order valence-corrected chi connectivity index (χ3v) is 5.22. The minimum absolute atomic E-state index is 0.0544. The van der Waals surface area contributed by atoms with Crippen LogP contribution in [0.4, 0.5) is 0 Å². The zero-order valence-electron chi connectivity index (χ0n) is 10.7. The monoisotopic (exact) mass is 279 g/mol. The van der Waals surface area contributed by atoms with E-state index in [1.807, 2.05) is 4.52 Å². The summed E-state index contributed by atoms with van der Waals surface area (Å²) in [5.74, 6) is 1.77. The van der Waals surface area contributed by atoms with Gasteiger partial charge in [-0.3, -0.25) is 0 Å². The lowest BCUT2D eigenvalue weighted by atomic mass is 10.1. The predicted molar refractivity (Wildman–Crippen MR) is 71.4 cm³/mol. The van der Waals surface area contributed by atoms with Crippen LogP contribution in [0.15, 0.2) is 0 Å². The third-order valence-electron chi connectivity index (χ3n) is 4.19. The van der Waals surface area contributed by atoms with Crippen LogP contribution in [0.5, 0.6) is 0 Å². The number of hydrogen-bond acceptors (Lipinski definition) is 6. The largest absolute Gasteiger partial charge is 0.379 e. The summed E-state index contributed by atoms with van der Waals surface area (Å²) < 4.78 is 7.35. The molecule has 102 valence electrons. The summed E-state index contributed by atoms with van der Waals surface area (Å²) in [6, 6.07) is 0.0544. The lowest BCUT2D eigenvalue weighted by Gasteiger charge is -2.08. The van der Waals surface area contributed by atoms with Gasteiger partial charge in [-0.1, -0.05) is 24.2 Å². The number of hydrogen-bond donors (Lipinski definition) is 1. The summed E-state index contributed by atoms with van der Waals surface area (Å²) in [5, 5.41) is 14.3. The summed E-state index contributed by atoms with van der Waals surface area (Å²) in [6.07, 6.45) is 5.00. The molecule has 4 rings (SSSR count). The van der Waals surface area contributed by atoms with Crippen LogP contribution in [0.1, 0.15) is 48.4 Å². The van der Waals surface area contributed by atoms with E-state index in [2.05, 4.69) is 10.2 Å². The van der Waals surface area contributed by atoms with E-state index < -0.39 is 0 Å². The smallest absolute Gasteiger partial charge is 0.234 e. The average Bonchev–Trinajstić information content (AvgIpc) is 3.10. The van der Waals surface area contributed by atoms with Crippen LogP contribution in [0.3, 0.4) is 0 Å². The lowest BCUT2D eigenvalue weighted by Crippen LogP contribution is -2.26. The van der Waals surface area contributed by atoms with Gasteiger partial charge in [0.05, 0.1) is 19.1 Å². The number of fused-ring (bicyclic) bond motifs is 1. The minimum Gasteiger partial charge on any atom is -0.379 e. The summed E-state index contributed by atoms with van der Waals surface area (Å²) in [4.78, 5) is 0.885. The van der Waals surface area contributed by atoms with Gasteiger partial charge in [0.25, 0.3) is 0 Å². The Bertz CT molecular complexity index is 588. The highest BCUT2D eigenvalue weighted by atomic mass is 32.1. The van der Waals surface area contributed by atoms with Crippen molar-refractivity contribution in [2.45, 2.75) is 43.6 Å². The van der Waals surface area contributed by atoms with Crippen LogP contribution in [-0.2, 0) is 4.74 Å². The Morgan fingerprint density at radius 2 is 2.05 bits per heavy atom. The van der Waals surface area contributed by atoms with Crippen LogP contribution in [0.25, 0.3) is 4.96 Å². The first-order chi connectivity index (χ1) is 9.33. The van der Waals surface area contributed by atoms with Gasteiger partial charge in [-0.15, -0.1) is 10.2 Å². The second-order valence-corrected chi connectivity index (χ2v) is 6.47. The molecule has 2 unspecified atom stereocenters. The topological polar surface area (TPSA) is 78.3 Å². The van der Waals surface area contributed by atoms with Gasteiger partial charge in [0.15, 0.2) is 5.82 Å². The normalized spacial score (nSPS) is 28.7. The fraction of sp³-hybridized carbons (Fsp3) is 0.750. The maximum atomic E-state index is 6.06. The SMILES string of the molecule is NC1COCC1c1nn2c(C3CCCC3)nnc2s1. The van der Waals surface area contributed by atoms with Gasteiger partial charge in [0, 0.05) is 12.0 Å². The molecule has 2 aromatic rings. The van der Waals surface area contributed by atoms with Gasteiger partial charge < -0.3 is 10.5 Å². The second-order valence-electron chi connectivity index (χ2n) is 5.48. The molecule has 19 heavy (non-hydrogen) atoms. The number of aromatic nitrogens is 4. The van der Waals surface area contributed by atoms with Gasteiger partial charge >= 0.3 is 0 Å². The molecule has 2 aromatic heterocycles. The predicted octanol–water partition coefficient (Wildman–Crippen LogP) is 1.28. The molecule has 0 radical (unpaired) electrons. The molecular formula is C12H17N5OS. The molecule has 6 nitrogen and oxygen atoms in total. The average molecular weight is 279 g/mol. The van der Waals surface area contributed by atoms with Crippen LogP contribution in [-0.4, -0.2) is 39.1 Å². The highest BCUT2D eigenvalue weighted by Crippen LogP contribution is 2.35. The van der Waals surface area contributed by atoms with E-state index in [0.29, 0.717) is 19.1 Å². The number of nitrogens with two attached hydrogens (primary N) is 1. The molecular weight excluding hydrogens is 262 g/mol. The van der Waals surface area contributed by atoms with Crippen LogP contribution in [0.2, 0.25) is 0 Å². The van der Waals surface area contributed by atoms with E-state index in [0.717, 1.165) is 15.8 Å². The van der Waals surface area contributed by atoms with Gasteiger partial charge in [0.1, 0.15) is 5.01 Å². The van der Waals surface area contributed by atoms with Gasteiger partial charge in [-0.25, -0.2) is 0 Å².